The van der Waals surface area contributed by atoms with Gasteiger partial charge in [-0.05, 0) is 47.0 Å². The molecule has 4 heterocycles. The summed E-state index contributed by atoms with van der Waals surface area (Å²) in [6.45, 7) is 2.25. The summed E-state index contributed by atoms with van der Waals surface area (Å²) in [6, 6.07) is 36.5. The second-order valence-corrected chi connectivity index (χ2v) is 14.3. The molecule has 0 fully saturated rings. The van der Waals surface area contributed by atoms with Crippen LogP contribution in [-0.4, -0.2) is 22.0 Å². The van der Waals surface area contributed by atoms with E-state index in [1.807, 2.05) is 73.7 Å². The van der Waals surface area contributed by atoms with Crippen molar-refractivity contribution in [3.63, 3.8) is 0 Å². The van der Waals surface area contributed by atoms with Crippen molar-refractivity contribution >= 4 is 67.5 Å². The third-order valence-corrected chi connectivity index (χ3v) is 11.4. The van der Waals surface area contributed by atoms with Gasteiger partial charge < -0.3 is 9.32 Å². The number of thioether (sulfide) groups is 1. The molecule has 0 aliphatic carbocycles. The van der Waals surface area contributed by atoms with Crippen LogP contribution in [0.5, 0.6) is 0 Å². The maximum absolute atomic E-state index is 15.2. The standard InChI is InChI=1S/C39H26N4O4S2/c1-23-17-19-24(20-18-23)21-42-30-15-6-5-14-29(30)39(36(42)46)32-33(44)28-13-4-7-16-31(28)47-34(32)35(45)43(39)37-40-41-38(49-37)48-22-26-11-8-10-25-9-2-3-12-27(25)26/h2-20H,21-22H2,1H3. The van der Waals surface area contributed by atoms with E-state index in [4.69, 9.17) is 4.42 Å². The van der Waals surface area contributed by atoms with Gasteiger partial charge >= 0.3 is 0 Å². The summed E-state index contributed by atoms with van der Waals surface area (Å²) in [5, 5.41) is 11.8. The molecule has 7 aromatic rings. The van der Waals surface area contributed by atoms with Gasteiger partial charge in [-0.2, -0.15) is 0 Å². The largest absolute Gasteiger partial charge is 0.450 e. The Hall–Kier alpha value is -5.58. The zero-order chi connectivity index (χ0) is 33.3. The summed E-state index contributed by atoms with van der Waals surface area (Å²) in [5.41, 5.74) is 2.30. The van der Waals surface area contributed by atoms with Crippen LogP contribution in [0.2, 0.25) is 0 Å². The highest BCUT2D eigenvalue weighted by atomic mass is 32.2. The summed E-state index contributed by atoms with van der Waals surface area (Å²) in [6.07, 6.45) is 0. The van der Waals surface area contributed by atoms with Crippen LogP contribution in [-0.2, 0) is 22.6 Å². The zero-order valence-corrected chi connectivity index (χ0v) is 27.8. The number of rotatable bonds is 6. The minimum atomic E-state index is -1.84. The van der Waals surface area contributed by atoms with E-state index in [9.17, 15) is 9.59 Å². The van der Waals surface area contributed by atoms with E-state index in [0.717, 1.165) is 27.5 Å². The highest BCUT2D eigenvalue weighted by Gasteiger charge is 2.66. The summed E-state index contributed by atoms with van der Waals surface area (Å²) < 4.78 is 6.83. The van der Waals surface area contributed by atoms with Crippen LogP contribution in [0.1, 0.15) is 38.4 Å². The number of fused-ring (bicyclic) bond motifs is 6. The fourth-order valence-corrected chi connectivity index (χ4v) is 8.95. The molecule has 2 aliphatic rings. The lowest BCUT2D eigenvalue weighted by atomic mass is 9.84. The van der Waals surface area contributed by atoms with Crippen LogP contribution in [0.25, 0.3) is 21.7 Å². The van der Waals surface area contributed by atoms with Crippen molar-refractivity contribution in [2.75, 3.05) is 9.80 Å². The Balaban J connectivity index is 1.20. The molecule has 0 radical (unpaired) electrons. The third kappa shape index (κ3) is 4.41. The van der Waals surface area contributed by atoms with Crippen molar-refractivity contribution in [1.29, 1.82) is 0 Å². The number of hydrogen-bond acceptors (Lipinski definition) is 8. The Labute approximate surface area is 288 Å². The lowest BCUT2D eigenvalue weighted by molar-refractivity contribution is -0.121. The molecule has 0 saturated carbocycles. The fourth-order valence-electron chi connectivity index (χ4n) is 7.05. The maximum Gasteiger partial charge on any atom is 0.297 e. The zero-order valence-electron chi connectivity index (χ0n) is 26.1. The minimum absolute atomic E-state index is 0.000199. The number of benzene rings is 5. The Morgan fingerprint density at radius 1 is 0.796 bits per heavy atom. The Morgan fingerprint density at radius 3 is 2.39 bits per heavy atom. The first-order valence-corrected chi connectivity index (χ1v) is 17.6. The van der Waals surface area contributed by atoms with E-state index >= 15 is 4.79 Å². The van der Waals surface area contributed by atoms with Crippen LogP contribution in [0.3, 0.4) is 0 Å². The van der Waals surface area contributed by atoms with Crippen LogP contribution in [0.4, 0.5) is 10.8 Å². The molecule has 238 valence electrons. The molecule has 9 rings (SSSR count). The van der Waals surface area contributed by atoms with E-state index < -0.39 is 22.8 Å². The maximum atomic E-state index is 15.2. The highest BCUT2D eigenvalue weighted by molar-refractivity contribution is 8.00. The van der Waals surface area contributed by atoms with Crippen LogP contribution in [0.15, 0.2) is 129 Å². The van der Waals surface area contributed by atoms with E-state index in [2.05, 4.69) is 34.5 Å². The molecule has 2 aromatic heterocycles. The average Bonchev–Trinajstić information content (AvgIpc) is 3.77. The van der Waals surface area contributed by atoms with Crippen LogP contribution in [0, 0.1) is 6.92 Å². The second kappa shape index (κ2) is 11.3. The SMILES string of the molecule is Cc1ccc(CN2C(=O)C3(c4ccccc42)c2c(oc4ccccc4c2=O)C(=O)N3c2nnc(SCc3cccc4ccccc34)s2)cc1. The fraction of sp³-hybridized carbons (Fsp3) is 0.103. The van der Waals surface area contributed by atoms with Crippen molar-refractivity contribution < 1.29 is 14.0 Å². The van der Waals surface area contributed by atoms with Gasteiger partial charge in [0.25, 0.3) is 11.8 Å². The number of carbonyl (C=O) groups excluding carboxylic acids is 2. The molecule has 5 aromatic carbocycles. The van der Waals surface area contributed by atoms with Gasteiger partial charge in [-0.1, -0.05) is 126 Å². The summed E-state index contributed by atoms with van der Waals surface area (Å²) >= 11 is 2.72. The van der Waals surface area contributed by atoms with Gasteiger partial charge in [-0.3, -0.25) is 19.3 Å². The van der Waals surface area contributed by atoms with E-state index in [1.165, 1.54) is 28.0 Å². The summed E-state index contributed by atoms with van der Waals surface area (Å²) in [7, 11) is 0. The van der Waals surface area contributed by atoms with Crippen molar-refractivity contribution in [3.05, 3.63) is 159 Å². The lowest BCUT2D eigenvalue weighted by Crippen LogP contribution is -2.53. The van der Waals surface area contributed by atoms with Gasteiger partial charge in [0.1, 0.15) is 5.58 Å². The molecular formula is C39H26N4O4S2. The van der Waals surface area contributed by atoms with Crippen molar-refractivity contribution in [2.24, 2.45) is 0 Å². The van der Waals surface area contributed by atoms with Crippen molar-refractivity contribution in [2.45, 2.75) is 29.1 Å². The van der Waals surface area contributed by atoms with Crippen LogP contribution < -0.4 is 15.2 Å². The van der Waals surface area contributed by atoms with E-state index in [-0.39, 0.29) is 28.6 Å². The predicted octanol–water partition coefficient (Wildman–Crippen LogP) is 7.85. The number of anilines is 2. The average molecular weight is 679 g/mol. The molecule has 49 heavy (non-hydrogen) atoms. The third-order valence-electron chi connectivity index (χ3n) is 9.31. The van der Waals surface area contributed by atoms with Gasteiger partial charge in [0, 0.05) is 11.3 Å². The van der Waals surface area contributed by atoms with Crippen molar-refractivity contribution in [1.82, 2.24) is 10.2 Å². The number of hydrogen-bond donors (Lipinski definition) is 0. The second-order valence-electron chi connectivity index (χ2n) is 12.2. The van der Waals surface area contributed by atoms with Gasteiger partial charge in [-0.25, -0.2) is 0 Å². The molecule has 2 aliphatic heterocycles. The lowest BCUT2D eigenvalue weighted by Gasteiger charge is -2.32. The predicted molar refractivity (Wildman–Crippen MR) is 192 cm³/mol. The van der Waals surface area contributed by atoms with Gasteiger partial charge in [0.15, 0.2) is 15.3 Å². The Kier molecular flexibility index (Phi) is 6.79. The molecule has 2 amide bonds. The van der Waals surface area contributed by atoms with Crippen molar-refractivity contribution in [3.8, 4) is 0 Å². The van der Waals surface area contributed by atoms with Gasteiger partial charge in [0.2, 0.25) is 10.9 Å². The van der Waals surface area contributed by atoms with E-state index in [0.29, 0.717) is 26.7 Å². The number of aromatic nitrogens is 2. The number of aryl methyl sites for hydroxylation is 1. The molecule has 1 atom stereocenters. The highest BCUT2D eigenvalue weighted by Crippen LogP contribution is 2.55. The molecule has 0 N–H and O–H groups in total. The first kappa shape index (κ1) is 29.6. The number of nitrogens with zero attached hydrogens (tertiary/aromatic N) is 4. The van der Waals surface area contributed by atoms with E-state index in [1.54, 1.807) is 29.2 Å². The topological polar surface area (TPSA) is 96.6 Å². The summed E-state index contributed by atoms with van der Waals surface area (Å²) in [5.74, 6) is -0.569. The monoisotopic (exact) mass is 678 g/mol. The van der Waals surface area contributed by atoms with Crippen LogP contribution >= 0.6 is 23.1 Å². The Morgan fingerprint density at radius 2 is 1.53 bits per heavy atom. The molecule has 0 bridgehead atoms. The molecule has 1 unspecified atom stereocenters. The quantitative estimate of drug-likeness (QED) is 0.131. The molecule has 8 nitrogen and oxygen atoms in total. The smallest absolute Gasteiger partial charge is 0.297 e. The first-order chi connectivity index (χ1) is 23.9. The summed E-state index contributed by atoms with van der Waals surface area (Å²) in [4.78, 5) is 47.3. The number of amides is 2. The normalized spacial score (nSPS) is 16.7. The molecule has 10 heteroatoms. The number of carbonyl (C=O) groups is 2. The molecule has 1 spiro atoms. The molecular weight excluding hydrogens is 653 g/mol. The number of para-hydroxylation sites is 2. The van der Waals surface area contributed by atoms with Gasteiger partial charge in [0.05, 0.1) is 23.2 Å². The Bertz CT molecular complexity index is 2540. The van der Waals surface area contributed by atoms with Gasteiger partial charge in [-0.15, -0.1) is 10.2 Å². The first-order valence-electron chi connectivity index (χ1n) is 15.8. The minimum Gasteiger partial charge on any atom is -0.450 e. The molecule has 0 saturated heterocycles.